The highest BCUT2D eigenvalue weighted by atomic mass is 79.9. The van der Waals surface area contributed by atoms with Gasteiger partial charge in [-0.05, 0) is 73.4 Å². The molecular weight excluding hydrogens is 444 g/mol. The molecule has 2 aliphatic heterocycles. The number of rotatable bonds is 2. The lowest BCUT2D eigenvalue weighted by Crippen LogP contribution is -2.43. The summed E-state index contributed by atoms with van der Waals surface area (Å²) in [5, 5.41) is 0.819. The fourth-order valence-electron chi connectivity index (χ4n) is 5.11. The molecule has 1 atom stereocenters. The number of benzene rings is 2. The zero-order valence-corrected chi connectivity index (χ0v) is 19.0. The Morgan fingerprint density at radius 3 is 2.79 bits per heavy atom. The summed E-state index contributed by atoms with van der Waals surface area (Å²) in [7, 11) is 0. The Morgan fingerprint density at radius 1 is 1.00 bits per heavy atom. The standard InChI is InChI=1S/C25H26BrClN2/c26-20-10-8-17-9-11-21(15-19(17)14-20)29-13-12-24-18(16-29)4-3-7-25(28-24)22-5-1-2-6-23(22)27/h1-2,5-6,8,10,14,21H,3-4,7,9,11-13,15-16H2. The van der Waals surface area contributed by atoms with Crippen molar-refractivity contribution in [2.45, 2.75) is 51.0 Å². The van der Waals surface area contributed by atoms with Crippen LogP contribution >= 0.6 is 27.5 Å². The van der Waals surface area contributed by atoms with E-state index >= 15 is 0 Å². The van der Waals surface area contributed by atoms with E-state index in [9.17, 15) is 0 Å². The van der Waals surface area contributed by atoms with Crippen LogP contribution in [0.5, 0.6) is 0 Å². The summed E-state index contributed by atoms with van der Waals surface area (Å²) >= 11 is 10.1. The van der Waals surface area contributed by atoms with Gasteiger partial charge >= 0.3 is 0 Å². The van der Waals surface area contributed by atoms with Crippen molar-refractivity contribution in [3.63, 3.8) is 0 Å². The molecule has 2 aromatic rings. The van der Waals surface area contributed by atoms with Crippen molar-refractivity contribution < 1.29 is 0 Å². The molecule has 3 aliphatic rings. The topological polar surface area (TPSA) is 15.6 Å². The van der Waals surface area contributed by atoms with E-state index < -0.39 is 0 Å². The number of hydrogen-bond donors (Lipinski definition) is 0. The summed E-state index contributed by atoms with van der Waals surface area (Å²) in [5.74, 6) is 0. The van der Waals surface area contributed by atoms with Gasteiger partial charge in [-0.2, -0.15) is 0 Å². The number of halogens is 2. The molecule has 2 nitrogen and oxygen atoms in total. The largest absolute Gasteiger partial charge is 0.296 e. The average Bonchev–Trinajstić information content (AvgIpc) is 2.95. The van der Waals surface area contributed by atoms with Crippen LogP contribution in [-0.4, -0.2) is 29.7 Å². The van der Waals surface area contributed by atoms with Gasteiger partial charge in [0, 0.05) is 52.0 Å². The molecule has 29 heavy (non-hydrogen) atoms. The lowest BCUT2D eigenvalue weighted by molar-refractivity contribution is 0.185. The van der Waals surface area contributed by atoms with Crippen LogP contribution < -0.4 is 0 Å². The minimum Gasteiger partial charge on any atom is -0.296 e. The molecule has 0 spiro atoms. The van der Waals surface area contributed by atoms with Crippen LogP contribution in [-0.2, 0) is 12.8 Å². The average molecular weight is 470 g/mol. The van der Waals surface area contributed by atoms with E-state index in [4.69, 9.17) is 16.6 Å². The molecule has 2 heterocycles. The Kier molecular flexibility index (Phi) is 5.64. The van der Waals surface area contributed by atoms with Crippen LogP contribution in [0.15, 0.2) is 63.2 Å². The molecule has 0 bridgehead atoms. The van der Waals surface area contributed by atoms with Crippen molar-refractivity contribution in [2.75, 3.05) is 13.1 Å². The third kappa shape index (κ3) is 4.10. The van der Waals surface area contributed by atoms with Gasteiger partial charge < -0.3 is 0 Å². The molecule has 2 aromatic carbocycles. The fourth-order valence-corrected chi connectivity index (χ4v) is 5.76. The second-order valence-electron chi connectivity index (χ2n) is 8.47. The zero-order chi connectivity index (χ0) is 19.8. The van der Waals surface area contributed by atoms with Crippen LogP contribution in [0.2, 0.25) is 5.02 Å². The van der Waals surface area contributed by atoms with Gasteiger partial charge in [0.2, 0.25) is 0 Å². The maximum absolute atomic E-state index is 6.45. The summed E-state index contributed by atoms with van der Waals surface area (Å²) in [6.45, 7) is 2.20. The van der Waals surface area contributed by atoms with Crippen molar-refractivity contribution in [1.29, 1.82) is 0 Å². The number of fused-ring (bicyclic) bond motifs is 1. The van der Waals surface area contributed by atoms with Gasteiger partial charge in [0.1, 0.15) is 0 Å². The van der Waals surface area contributed by atoms with Crippen LogP contribution in [0, 0.1) is 0 Å². The second-order valence-corrected chi connectivity index (χ2v) is 9.80. The zero-order valence-electron chi connectivity index (χ0n) is 16.6. The van der Waals surface area contributed by atoms with Gasteiger partial charge in [0.25, 0.3) is 0 Å². The summed E-state index contributed by atoms with van der Waals surface area (Å²) < 4.78 is 1.20. The molecule has 0 aromatic heterocycles. The number of aliphatic imine (C=N–C) groups is 1. The highest BCUT2D eigenvalue weighted by molar-refractivity contribution is 9.10. The van der Waals surface area contributed by atoms with Crippen molar-refractivity contribution in [1.82, 2.24) is 4.90 Å². The van der Waals surface area contributed by atoms with Crippen LogP contribution in [0.1, 0.15) is 48.8 Å². The van der Waals surface area contributed by atoms with E-state index in [-0.39, 0.29) is 0 Å². The van der Waals surface area contributed by atoms with Crippen LogP contribution in [0.25, 0.3) is 0 Å². The molecular formula is C25H26BrClN2. The molecule has 0 radical (unpaired) electrons. The van der Waals surface area contributed by atoms with Crippen molar-refractivity contribution in [3.05, 3.63) is 79.9 Å². The van der Waals surface area contributed by atoms with Gasteiger partial charge in [-0.1, -0.05) is 51.8 Å². The van der Waals surface area contributed by atoms with E-state index in [1.807, 2.05) is 12.1 Å². The Morgan fingerprint density at radius 2 is 1.90 bits per heavy atom. The maximum atomic E-state index is 6.45. The lowest BCUT2D eigenvalue weighted by atomic mass is 9.86. The van der Waals surface area contributed by atoms with E-state index in [1.165, 1.54) is 46.3 Å². The number of aryl methyl sites for hydroxylation is 1. The third-order valence-corrected chi connectivity index (χ3v) is 7.49. The summed E-state index contributed by atoms with van der Waals surface area (Å²) in [6, 6.07) is 15.6. The molecule has 5 rings (SSSR count). The first-order chi connectivity index (χ1) is 14.2. The van der Waals surface area contributed by atoms with Gasteiger partial charge in [-0.25, -0.2) is 0 Å². The lowest BCUT2D eigenvalue weighted by Gasteiger charge is -2.38. The molecule has 1 aliphatic carbocycles. The van der Waals surface area contributed by atoms with Crippen LogP contribution in [0.4, 0.5) is 0 Å². The molecule has 4 heteroatoms. The first kappa shape index (κ1) is 19.5. The molecule has 0 saturated heterocycles. The minimum absolute atomic E-state index is 0.654. The molecule has 0 N–H and O–H groups in total. The first-order valence-electron chi connectivity index (χ1n) is 10.7. The predicted molar refractivity (Wildman–Crippen MR) is 125 cm³/mol. The summed E-state index contributed by atoms with van der Waals surface area (Å²) in [5.41, 5.74) is 8.22. The first-order valence-corrected chi connectivity index (χ1v) is 11.9. The molecule has 0 fully saturated rings. The van der Waals surface area contributed by atoms with Crippen molar-refractivity contribution in [2.24, 2.45) is 4.99 Å². The van der Waals surface area contributed by atoms with E-state index in [0.717, 1.165) is 49.4 Å². The Balaban J connectivity index is 1.35. The fraction of sp³-hybridized carbons (Fsp3) is 0.400. The van der Waals surface area contributed by atoms with Crippen molar-refractivity contribution in [3.8, 4) is 0 Å². The maximum Gasteiger partial charge on any atom is 0.0496 e. The normalized spacial score (nSPS) is 22.6. The highest BCUT2D eigenvalue weighted by Crippen LogP contribution is 2.33. The summed E-state index contributed by atoms with van der Waals surface area (Å²) in [6.07, 6.45) is 8.05. The van der Waals surface area contributed by atoms with E-state index in [1.54, 1.807) is 5.57 Å². The van der Waals surface area contributed by atoms with Gasteiger partial charge in [0.15, 0.2) is 0 Å². The monoisotopic (exact) mass is 468 g/mol. The smallest absolute Gasteiger partial charge is 0.0496 e. The van der Waals surface area contributed by atoms with E-state index in [2.05, 4.69) is 51.2 Å². The Hall–Kier alpha value is -1.42. The molecule has 1 unspecified atom stereocenters. The highest BCUT2D eigenvalue weighted by Gasteiger charge is 2.29. The third-order valence-electron chi connectivity index (χ3n) is 6.67. The van der Waals surface area contributed by atoms with Gasteiger partial charge in [0.05, 0.1) is 0 Å². The molecule has 150 valence electrons. The number of nitrogens with zero attached hydrogens (tertiary/aromatic N) is 2. The van der Waals surface area contributed by atoms with Gasteiger partial charge in [-0.3, -0.25) is 9.89 Å². The minimum atomic E-state index is 0.654. The molecule has 0 amide bonds. The van der Waals surface area contributed by atoms with Gasteiger partial charge in [-0.15, -0.1) is 0 Å². The second kappa shape index (κ2) is 8.37. The molecule has 0 saturated carbocycles. The number of hydrogen-bond acceptors (Lipinski definition) is 2. The van der Waals surface area contributed by atoms with Crippen LogP contribution in [0.3, 0.4) is 0 Å². The Bertz CT molecular complexity index is 994. The van der Waals surface area contributed by atoms with E-state index in [0.29, 0.717) is 6.04 Å². The van der Waals surface area contributed by atoms with Crippen molar-refractivity contribution >= 4 is 33.2 Å². The SMILES string of the molecule is Clc1ccccc1C1=NC2=C(CCC1)CN(C1CCc3ccc(Br)cc3C1)CC2. The quantitative estimate of drug-likeness (QED) is 0.484. The predicted octanol–water partition coefficient (Wildman–Crippen LogP) is 6.59. The Labute approximate surface area is 186 Å². The summed E-state index contributed by atoms with van der Waals surface area (Å²) in [4.78, 5) is 7.86.